The summed E-state index contributed by atoms with van der Waals surface area (Å²) in [5.41, 5.74) is 0.549. The van der Waals surface area contributed by atoms with Gasteiger partial charge < -0.3 is 25.4 Å². The zero-order valence-electron chi connectivity index (χ0n) is 16.3. The Morgan fingerprint density at radius 1 is 1.11 bits per heavy atom. The Labute approximate surface area is 171 Å². The average molecular weight is 410 g/mol. The quantitative estimate of drug-likeness (QED) is 0.507. The van der Waals surface area contributed by atoms with Gasteiger partial charge in [0.15, 0.2) is 5.60 Å². The molecule has 0 aliphatic heterocycles. The Morgan fingerprint density at radius 3 is 2.21 bits per heavy atom. The third-order valence-corrected chi connectivity index (χ3v) is 4.40. The summed E-state index contributed by atoms with van der Waals surface area (Å²) in [4.78, 5) is 11.1. The van der Waals surface area contributed by atoms with Crippen LogP contribution in [0.2, 0.25) is 0 Å². The van der Waals surface area contributed by atoms with E-state index in [-0.39, 0.29) is 24.2 Å². The molecule has 0 aliphatic rings. The molecule has 7 heteroatoms. The zero-order chi connectivity index (χ0) is 20.0. The third-order valence-electron chi connectivity index (χ3n) is 4.40. The van der Waals surface area contributed by atoms with Gasteiger partial charge in [0.05, 0.1) is 6.10 Å². The molecule has 0 saturated carbocycles. The van der Waals surface area contributed by atoms with Crippen LogP contribution in [0.5, 0.6) is 11.5 Å². The lowest BCUT2D eigenvalue weighted by Gasteiger charge is -2.22. The van der Waals surface area contributed by atoms with E-state index >= 15 is 0 Å². The van der Waals surface area contributed by atoms with Gasteiger partial charge in [-0.05, 0) is 69.1 Å². The highest BCUT2D eigenvalue weighted by molar-refractivity contribution is 5.85. The fourth-order valence-corrected chi connectivity index (χ4v) is 2.58. The lowest BCUT2D eigenvalue weighted by molar-refractivity contribution is -0.152. The van der Waals surface area contributed by atoms with Crippen molar-refractivity contribution >= 4 is 18.4 Å². The molecule has 2 aromatic rings. The summed E-state index contributed by atoms with van der Waals surface area (Å²) < 4.78 is 5.48. The average Bonchev–Trinajstić information content (AvgIpc) is 2.62. The van der Waals surface area contributed by atoms with Gasteiger partial charge in [-0.3, -0.25) is 0 Å². The molecule has 2 rings (SSSR count). The van der Waals surface area contributed by atoms with E-state index in [1.54, 1.807) is 36.4 Å². The zero-order valence-corrected chi connectivity index (χ0v) is 17.1. The van der Waals surface area contributed by atoms with Crippen molar-refractivity contribution in [2.75, 3.05) is 6.54 Å². The predicted octanol–water partition coefficient (Wildman–Crippen LogP) is 3.31. The van der Waals surface area contributed by atoms with E-state index in [2.05, 4.69) is 5.32 Å². The number of phenolic OH excluding ortho intramolecular Hbond substituents is 1. The maximum Gasteiger partial charge on any atom is 0.347 e. The van der Waals surface area contributed by atoms with Crippen LogP contribution in [0.1, 0.15) is 38.0 Å². The molecule has 0 fully saturated rings. The van der Waals surface area contributed by atoms with Gasteiger partial charge in [-0.15, -0.1) is 12.4 Å². The number of hydrogen-bond donors (Lipinski definition) is 4. The smallest absolute Gasteiger partial charge is 0.347 e. The highest BCUT2D eigenvalue weighted by atomic mass is 35.5. The van der Waals surface area contributed by atoms with Crippen molar-refractivity contribution in [1.82, 2.24) is 5.32 Å². The van der Waals surface area contributed by atoms with E-state index in [1.165, 1.54) is 13.8 Å². The second-order valence-corrected chi connectivity index (χ2v) is 7.09. The lowest BCUT2D eigenvalue weighted by Crippen LogP contribution is -2.37. The minimum Gasteiger partial charge on any atom is -0.508 e. The molecule has 28 heavy (non-hydrogen) atoms. The molecule has 0 bridgehead atoms. The first-order valence-corrected chi connectivity index (χ1v) is 8.91. The number of aliphatic hydroxyl groups is 1. The highest BCUT2D eigenvalue weighted by Gasteiger charge is 2.29. The van der Waals surface area contributed by atoms with E-state index in [9.17, 15) is 15.0 Å². The van der Waals surface area contributed by atoms with Crippen LogP contribution in [-0.2, 0) is 11.2 Å². The van der Waals surface area contributed by atoms with Gasteiger partial charge >= 0.3 is 5.97 Å². The number of halogens is 1. The van der Waals surface area contributed by atoms with Crippen LogP contribution >= 0.6 is 12.4 Å². The number of carboxylic acids is 1. The first-order valence-electron chi connectivity index (χ1n) is 8.91. The van der Waals surface area contributed by atoms with Gasteiger partial charge in [0.1, 0.15) is 11.5 Å². The molecule has 4 N–H and O–H groups in total. The molecule has 0 spiro atoms. The topological polar surface area (TPSA) is 99.0 Å². The van der Waals surface area contributed by atoms with Crippen LogP contribution in [-0.4, -0.2) is 39.5 Å². The number of hydrogen-bond acceptors (Lipinski definition) is 5. The third kappa shape index (κ3) is 6.71. The number of aliphatic hydroxyl groups excluding tert-OH is 1. The van der Waals surface area contributed by atoms with Gasteiger partial charge in [-0.25, -0.2) is 4.79 Å². The number of carbonyl (C=O) groups is 1. The molecular weight excluding hydrogens is 382 g/mol. The van der Waals surface area contributed by atoms with Crippen LogP contribution in [0, 0.1) is 0 Å². The fraction of sp³-hybridized carbons (Fsp3) is 0.381. The number of carboxylic acid groups (broad SMARTS) is 1. The summed E-state index contributed by atoms with van der Waals surface area (Å²) in [5, 5.41) is 32.1. The van der Waals surface area contributed by atoms with Crippen molar-refractivity contribution in [2.45, 2.75) is 44.9 Å². The Kier molecular flexibility index (Phi) is 8.75. The van der Waals surface area contributed by atoms with E-state index in [4.69, 9.17) is 9.84 Å². The van der Waals surface area contributed by atoms with E-state index in [0.29, 0.717) is 12.3 Å². The van der Waals surface area contributed by atoms with Crippen LogP contribution in [0.25, 0.3) is 0 Å². The van der Waals surface area contributed by atoms with Gasteiger partial charge in [0.2, 0.25) is 0 Å². The summed E-state index contributed by atoms with van der Waals surface area (Å²) in [6, 6.07) is 13.7. The molecule has 0 unspecified atom stereocenters. The first kappa shape index (κ1) is 23.8. The number of aliphatic carboxylic acids is 1. The van der Waals surface area contributed by atoms with Crippen molar-refractivity contribution in [3.63, 3.8) is 0 Å². The predicted molar refractivity (Wildman–Crippen MR) is 110 cm³/mol. The summed E-state index contributed by atoms with van der Waals surface area (Å²) in [6.07, 6.45) is 0.0922. The molecular formula is C21H28ClNO5. The van der Waals surface area contributed by atoms with Gasteiger partial charge in [0.25, 0.3) is 0 Å². The molecule has 6 nitrogen and oxygen atoms in total. The Bertz CT molecular complexity index is 746. The second kappa shape index (κ2) is 10.3. The van der Waals surface area contributed by atoms with E-state index in [1.807, 2.05) is 19.1 Å². The van der Waals surface area contributed by atoms with Crippen LogP contribution in [0.15, 0.2) is 48.5 Å². The van der Waals surface area contributed by atoms with Crippen molar-refractivity contribution in [1.29, 1.82) is 0 Å². The van der Waals surface area contributed by atoms with Gasteiger partial charge in [0, 0.05) is 6.04 Å². The molecule has 0 saturated heterocycles. The van der Waals surface area contributed by atoms with Crippen molar-refractivity contribution in [3.8, 4) is 11.5 Å². The largest absolute Gasteiger partial charge is 0.508 e. The summed E-state index contributed by atoms with van der Waals surface area (Å²) >= 11 is 0. The van der Waals surface area contributed by atoms with E-state index < -0.39 is 17.7 Å². The van der Waals surface area contributed by atoms with Gasteiger partial charge in [-0.1, -0.05) is 24.3 Å². The molecule has 154 valence electrons. The fourth-order valence-electron chi connectivity index (χ4n) is 2.58. The Morgan fingerprint density at radius 2 is 1.68 bits per heavy atom. The Hall–Kier alpha value is -2.28. The molecule has 0 aliphatic carbocycles. The summed E-state index contributed by atoms with van der Waals surface area (Å²) in [7, 11) is 0. The standard InChI is InChI=1S/C21H27NO5.ClH/c1-14(19(24)16-6-8-17(23)9-7-16)22-13-12-15-4-10-18(11-5-15)27-21(2,3)20(25)26;/h4-11,14,19,22-24H,12-13H2,1-3H3,(H,25,26);1H/t14-,19-;/m0./s1. The molecule has 0 aromatic heterocycles. The number of rotatable bonds is 9. The minimum atomic E-state index is -1.27. The number of ether oxygens (including phenoxy) is 1. The van der Waals surface area contributed by atoms with Gasteiger partial charge in [-0.2, -0.15) is 0 Å². The molecule has 2 aromatic carbocycles. The molecule has 2 atom stereocenters. The number of nitrogens with one attached hydrogen (secondary N) is 1. The highest BCUT2D eigenvalue weighted by Crippen LogP contribution is 2.21. The van der Waals surface area contributed by atoms with Crippen molar-refractivity contribution in [2.24, 2.45) is 0 Å². The molecule has 0 amide bonds. The minimum absolute atomic E-state index is 0. The van der Waals surface area contributed by atoms with Crippen LogP contribution in [0.3, 0.4) is 0 Å². The molecule has 0 heterocycles. The normalized spacial score (nSPS) is 13.3. The first-order chi connectivity index (χ1) is 12.7. The monoisotopic (exact) mass is 409 g/mol. The maximum absolute atomic E-state index is 11.1. The maximum atomic E-state index is 11.1. The molecule has 0 radical (unpaired) electrons. The number of benzene rings is 2. The van der Waals surface area contributed by atoms with Crippen molar-refractivity contribution < 1.29 is 24.9 Å². The number of phenols is 1. The lowest BCUT2D eigenvalue weighted by atomic mass is 10.0. The number of aromatic hydroxyl groups is 1. The van der Waals surface area contributed by atoms with Crippen LogP contribution < -0.4 is 10.1 Å². The Balaban J connectivity index is 0.00000392. The second-order valence-electron chi connectivity index (χ2n) is 7.09. The van der Waals surface area contributed by atoms with E-state index in [0.717, 1.165) is 17.5 Å². The summed E-state index contributed by atoms with van der Waals surface area (Å²) in [6.45, 7) is 5.60. The SMILES string of the molecule is C[C@H](NCCc1ccc(OC(C)(C)C(=O)O)cc1)[C@H](O)c1ccc(O)cc1.Cl. The van der Waals surface area contributed by atoms with Crippen LogP contribution in [0.4, 0.5) is 0 Å². The van der Waals surface area contributed by atoms with Crippen molar-refractivity contribution in [3.05, 3.63) is 59.7 Å². The summed E-state index contributed by atoms with van der Waals surface area (Å²) in [5.74, 6) is -0.335.